The van der Waals surface area contributed by atoms with Crippen molar-refractivity contribution in [3.63, 3.8) is 0 Å². The van der Waals surface area contributed by atoms with Gasteiger partial charge < -0.3 is 25.2 Å². The van der Waals surface area contributed by atoms with Crippen LogP contribution >= 0.6 is 11.6 Å². The van der Waals surface area contributed by atoms with Crippen LogP contribution in [0, 0.1) is 0 Å². The fourth-order valence-electron chi connectivity index (χ4n) is 2.19. The van der Waals surface area contributed by atoms with Crippen molar-refractivity contribution in [3.05, 3.63) is 53.1 Å². The summed E-state index contributed by atoms with van der Waals surface area (Å²) in [4.78, 5) is 23.8. The van der Waals surface area contributed by atoms with Crippen LogP contribution in [0.1, 0.15) is 11.7 Å². The van der Waals surface area contributed by atoms with E-state index < -0.39 is 17.9 Å². The number of nitrogens with one attached hydrogen (secondary N) is 2. The van der Waals surface area contributed by atoms with Gasteiger partial charge in [0.05, 0.1) is 31.0 Å². The number of halogens is 1. The lowest BCUT2D eigenvalue weighted by molar-refractivity contribution is -0.136. The van der Waals surface area contributed by atoms with Gasteiger partial charge in [0.2, 0.25) is 0 Å². The van der Waals surface area contributed by atoms with Gasteiger partial charge in [0.25, 0.3) is 0 Å². The van der Waals surface area contributed by atoms with Crippen molar-refractivity contribution in [2.45, 2.75) is 6.10 Å². The smallest absolute Gasteiger partial charge is 0.313 e. The molecule has 0 aliphatic heterocycles. The second-order valence-electron chi connectivity index (χ2n) is 5.27. The molecule has 0 radical (unpaired) electrons. The summed E-state index contributed by atoms with van der Waals surface area (Å²) in [5.41, 5.74) is 0.837. The number of benzene rings is 2. The summed E-state index contributed by atoms with van der Waals surface area (Å²) in [6.45, 7) is -0.149. The Bertz CT molecular complexity index is 797. The first-order chi connectivity index (χ1) is 12.5. The van der Waals surface area contributed by atoms with Crippen molar-refractivity contribution in [2.24, 2.45) is 0 Å². The van der Waals surface area contributed by atoms with Gasteiger partial charge in [-0.25, -0.2) is 0 Å². The van der Waals surface area contributed by atoms with Crippen LogP contribution < -0.4 is 20.1 Å². The van der Waals surface area contributed by atoms with E-state index in [0.29, 0.717) is 27.8 Å². The molecular weight excluding hydrogens is 360 g/mol. The van der Waals surface area contributed by atoms with Crippen molar-refractivity contribution in [1.29, 1.82) is 0 Å². The maximum atomic E-state index is 11.9. The number of carbonyl (C=O) groups is 2. The predicted molar refractivity (Wildman–Crippen MR) is 97.6 cm³/mol. The fourth-order valence-corrected chi connectivity index (χ4v) is 2.37. The molecule has 0 aliphatic rings. The normalized spacial score (nSPS) is 11.4. The first kappa shape index (κ1) is 19.6. The van der Waals surface area contributed by atoms with Gasteiger partial charge in [-0.15, -0.1) is 0 Å². The van der Waals surface area contributed by atoms with E-state index in [4.69, 9.17) is 21.1 Å². The number of para-hydroxylation sites is 1. The van der Waals surface area contributed by atoms with Crippen molar-refractivity contribution in [2.75, 3.05) is 26.1 Å². The van der Waals surface area contributed by atoms with E-state index in [0.717, 1.165) is 0 Å². The summed E-state index contributed by atoms with van der Waals surface area (Å²) < 4.78 is 10.3. The fraction of sp³-hybridized carbons (Fsp3) is 0.222. The number of amides is 2. The molecule has 0 bridgehead atoms. The van der Waals surface area contributed by atoms with Crippen molar-refractivity contribution in [3.8, 4) is 11.5 Å². The van der Waals surface area contributed by atoms with Crippen LogP contribution in [-0.2, 0) is 9.59 Å². The van der Waals surface area contributed by atoms with Gasteiger partial charge >= 0.3 is 11.8 Å². The molecule has 2 aromatic rings. The van der Waals surface area contributed by atoms with Gasteiger partial charge in [0.1, 0.15) is 0 Å². The Kier molecular flexibility index (Phi) is 6.82. The Morgan fingerprint density at radius 1 is 1.08 bits per heavy atom. The Hall–Kier alpha value is -2.77. The highest BCUT2D eigenvalue weighted by Gasteiger charge is 2.18. The molecule has 0 saturated heterocycles. The minimum Gasteiger partial charge on any atom is -0.493 e. The van der Waals surface area contributed by atoms with Crippen molar-refractivity contribution < 1.29 is 24.2 Å². The average Bonchev–Trinajstić information content (AvgIpc) is 2.66. The molecule has 1 unspecified atom stereocenters. The highest BCUT2D eigenvalue weighted by atomic mass is 35.5. The average molecular weight is 379 g/mol. The summed E-state index contributed by atoms with van der Waals surface area (Å²) in [5, 5.41) is 15.3. The van der Waals surface area contributed by atoms with Crippen LogP contribution in [0.4, 0.5) is 5.69 Å². The molecule has 26 heavy (non-hydrogen) atoms. The molecule has 2 rings (SSSR count). The number of ether oxygens (including phenoxy) is 2. The molecule has 0 heterocycles. The van der Waals surface area contributed by atoms with Crippen LogP contribution in [0.5, 0.6) is 11.5 Å². The molecule has 1 atom stereocenters. The van der Waals surface area contributed by atoms with Crippen LogP contribution in [0.2, 0.25) is 5.02 Å². The topological polar surface area (TPSA) is 96.9 Å². The lowest BCUT2D eigenvalue weighted by Gasteiger charge is -2.15. The predicted octanol–water partition coefficient (Wildman–Crippen LogP) is 2.15. The van der Waals surface area contributed by atoms with E-state index >= 15 is 0 Å². The van der Waals surface area contributed by atoms with Gasteiger partial charge in [0.15, 0.2) is 11.5 Å². The number of aliphatic hydroxyl groups excluding tert-OH is 1. The SMILES string of the molecule is COc1ccc(C(O)CNC(=O)C(=O)Nc2ccccc2Cl)cc1OC. The van der Waals surface area contributed by atoms with Crippen LogP contribution in [0.3, 0.4) is 0 Å². The lowest BCUT2D eigenvalue weighted by Crippen LogP contribution is -2.37. The lowest BCUT2D eigenvalue weighted by atomic mass is 10.1. The summed E-state index contributed by atoms with van der Waals surface area (Å²) >= 11 is 5.93. The zero-order chi connectivity index (χ0) is 19.1. The third-order valence-electron chi connectivity index (χ3n) is 3.58. The Morgan fingerprint density at radius 2 is 1.77 bits per heavy atom. The third-order valence-corrected chi connectivity index (χ3v) is 3.91. The summed E-state index contributed by atoms with van der Waals surface area (Å²) in [5.74, 6) is -0.791. The Balaban J connectivity index is 1.94. The maximum absolute atomic E-state index is 11.9. The second kappa shape index (κ2) is 9.07. The van der Waals surface area contributed by atoms with Crippen molar-refractivity contribution >= 4 is 29.1 Å². The standard InChI is InChI=1S/C18H19ClN2O5/c1-25-15-8-7-11(9-16(15)26-2)14(22)10-20-17(23)18(24)21-13-6-4-3-5-12(13)19/h3-9,14,22H,10H2,1-2H3,(H,20,23)(H,21,24). The minimum atomic E-state index is -1.02. The monoisotopic (exact) mass is 378 g/mol. The highest BCUT2D eigenvalue weighted by molar-refractivity contribution is 6.41. The zero-order valence-electron chi connectivity index (χ0n) is 14.3. The summed E-state index contributed by atoms with van der Waals surface area (Å²) in [7, 11) is 2.99. The molecule has 3 N–H and O–H groups in total. The molecule has 138 valence electrons. The number of anilines is 1. The number of aliphatic hydroxyl groups is 1. The molecule has 8 heteroatoms. The number of carbonyl (C=O) groups excluding carboxylic acids is 2. The molecule has 2 aromatic carbocycles. The number of methoxy groups -OCH3 is 2. The number of rotatable bonds is 6. The van der Waals surface area contributed by atoms with Crippen molar-refractivity contribution in [1.82, 2.24) is 5.32 Å². The van der Waals surface area contributed by atoms with E-state index in [9.17, 15) is 14.7 Å². The second-order valence-corrected chi connectivity index (χ2v) is 5.68. The van der Waals surface area contributed by atoms with E-state index in [1.807, 2.05) is 0 Å². The molecular formula is C18H19ClN2O5. The molecule has 0 saturated carbocycles. The van der Waals surface area contributed by atoms with E-state index in [-0.39, 0.29) is 6.54 Å². The molecule has 0 spiro atoms. The van der Waals surface area contributed by atoms with Gasteiger partial charge in [-0.05, 0) is 29.8 Å². The van der Waals surface area contributed by atoms with E-state index in [2.05, 4.69) is 10.6 Å². The summed E-state index contributed by atoms with van der Waals surface area (Å²) in [6, 6.07) is 11.4. The largest absolute Gasteiger partial charge is 0.493 e. The first-order valence-electron chi connectivity index (χ1n) is 7.70. The molecule has 0 aromatic heterocycles. The van der Waals surface area contributed by atoms with Gasteiger partial charge in [0, 0.05) is 6.54 Å². The van der Waals surface area contributed by atoms with Crippen LogP contribution in [0.25, 0.3) is 0 Å². The molecule has 0 fully saturated rings. The molecule has 2 amide bonds. The third kappa shape index (κ3) is 4.87. The first-order valence-corrected chi connectivity index (χ1v) is 8.07. The van der Waals surface area contributed by atoms with Crippen LogP contribution in [-0.4, -0.2) is 37.7 Å². The quantitative estimate of drug-likeness (QED) is 0.669. The maximum Gasteiger partial charge on any atom is 0.313 e. The van der Waals surface area contributed by atoms with E-state index in [1.165, 1.54) is 14.2 Å². The van der Waals surface area contributed by atoms with Gasteiger partial charge in [-0.1, -0.05) is 29.8 Å². The summed E-state index contributed by atoms with van der Waals surface area (Å²) in [6.07, 6.45) is -1.02. The van der Waals surface area contributed by atoms with E-state index in [1.54, 1.807) is 42.5 Å². The Labute approximate surface area is 155 Å². The molecule has 7 nitrogen and oxygen atoms in total. The number of hydrogen-bond acceptors (Lipinski definition) is 5. The highest BCUT2D eigenvalue weighted by Crippen LogP contribution is 2.29. The van der Waals surface area contributed by atoms with Crippen LogP contribution in [0.15, 0.2) is 42.5 Å². The van der Waals surface area contributed by atoms with Gasteiger partial charge in [-0.3, -0.25) is 9.59 Å². The minimum absolute atomic E-state index is 0.149. The van der Waals surface area contributed by atoms with Gasteiger partial charge in [-0.2, -0.15) is 0 Å². The zero-order valence-corrected chi connectivity index (χ0v) is 15.0. The Morgan fingerprint density at radius 3 is 2.42 bits per heavy atom. The molecule has 0 aliphatic carbocycles. The number of hydrogen-bond donors (Lipinski definition) is 3.